The lowest BCUT2D eigenvalue weighted by Gasteiger charge is -2.07. The van der Waals surface area contributed by atoms with Crippen LogP contribution in [0.5, 0.6) is 0 Å². The fraction of sp³-hybridized carbons (Fsp3) is 0.200. The van der Waals surface area contributed by atoms with Crippen LogP contribution in [-0.4, -0.2) is 25.5 Å². The summed E-state index contributed by atoms with van der Waals surface area (Å²) in [4.78, 5) is 23.0. The van der Waals surface area contributed by atoms with E-state index in [9.17, 15) is 9.59 Å². The van der Waals surface area contributed by atoms with Crippen LogP contribution >= 0.6 is 0 Å². The summed E-state index contributed by atoms with van der Waals surface area (Å²) in [5.41, 5.74) is 1.21. The molecular weight excluding hydrogens is 256 g/mol. The number of benzene rings is 1. The first-order valence-corrected chi connectivity index (χ1v) is 6.15. The molecule has 1 aromatic rings. The van der Waals surface area contributed by atoms with Crippen molar-refractivity contribution in [2.45, 2.75) is 6.92 Å². The molecule has 106 valence electrons. The highest BCUT2D eigenvalue weighted by atomic mass is 16.5. The molecule has 1 rings (SSSR count). The highest BCUT2D eigenvalue weighted by Crippen LogP contribution is 2.15. The average Bonchev–Trinajstić information content (AvgIpc) is 2.39. The van der Waals surface area contributed by atoms with E-state index in [1.807, 2.05) is 13.0 Å². The smallest absolute Gasteiger partial charge is 0.250 e. The molecule has 0 unspecified atom stereocenters. The lowest BCUT2D eigenvalue weighted by molar-refractivity contribution is -0.119. The summed E-state index contributed by atoms with van der Waals surface area (Å²) in [7, 11) is 1.45. The van der Waals surface area contributed by atoms with Crippen LogP contribution in [0, 0.1) is 0 Å². The van der Waals surface area contributed by atoms with Crippen LogP contribution < -0.4 is 10.6 Å². The van der Waals surface area contributed by atoms with Crippen LogP contribution in [0.1, 0.15) is 6.92 Å². The zero-order valence-corrected chi connectivity index (χ0v) is 11.6. The molecule has 0 bridgehead atoms. The number of allylic oxidation sites excluding steroid dienone is 3. The third kappa shape index (κ3) is 5.97. The van der Waals surface area contributed by atoms with Gasteiger partial charge in [-0.05, 0) is 25.1 Å². The number of anilines is 2. The third-order valence-electron chi connectivity index (χ3n) is 2.24. The minimum absolute atomic E-state index is 0.0112. The summed E-state index contributed by atoms with van der Waals surface area (Å²) >= 11 is 0. The fourth-order valence-corrected chi connectivity index (χ4v) is 1.44. The van der Waals surface area contributed by atoms with Crippen molar-refractivity contribution in [1.82, 2.24) is 0 Å². The molecule has 5 heteroatoms. The SMILES string of the molecule is CC=CC=CC(=O)Nc1cccc(NC(=O)COC)c1. The van der Waals surface area contributed by atoms with Crippen molar-refractivity contribution in [3.8, 4) is 0 Å². The molecule has 0 heterocycles. The largest absolute Gasteiger partial charge is 0.375 e. The van der Waals surface area contributed by atoms with E-state index < -0.39 is 0 Å². The van der Waals surface area contributed by atoms with Crippen LogP contribution in [0.3, 0.4) is 0 Å². The van der Waals surface area contributed by atoms with Crippen molar-refractivity contribution >= 4 is 23.2 Å². The van der Waals surface area contributed by atoms with Crippen molar-refractivity contribution < 1.29 is 14.3 Å². The van der Waals surface area contributed by atoms with Crippen molar-refractivity contribution in [1.29, 1.82) is 0 Å². The van der Waals surface area contributed by atoms with Gasteiger partial charge in [0, 0.05) is 24.6 Å². The molecule has 20 heavy (non-hydrogen) atoms. The molecule has 0 aliphatic carbocycles. The van der Waals surface area contributed by atoms with Gasteiger partial charge in [0.05, 0.1) is 0 Å². The number of ether oxygens (including phenoxy) is 1. The number of hydrogen-bond acceptors (Lipinski definition) is 3. The zero-order valence-electron chi connectivity index (χ0n) is 11.6. The molecule has 1 aromatic carbocycles. The monoisotopic (exact) mass is 274 g/mol. The summed E-state index contributed by atoms with van der Waals surface area (Å²) in [5, 5.41) is 5.37. The van der Waals surface area contributed by atoms with Gasteiger partial charge in [0.1, 0.15) is 6.61 Å². The molecule has 5 nitrogen and oxygen atoms in total. The average molecular weight is 274 g/mol. The minimum Gasteiger partial charge on any atom is -0.375 e. The Morgan fingerprint density at radius 3 is 2.55 bits per heavy atom. The Bertz CT molecular complexity index is 522. The number of carbonyl (C=O) groups excluding carboxylic acids is 2. The molecule has 2 amide bonds. The Labute approximate surface area is 118 Å². The second kappa shape index (κ2) is 8.66. The summed E-state index contributed by atoms with van der Waals surface area (Å²) < 4.78 is 4.73. The van der Waals surface area contributed by atoms with Gasteiger partial charge in [0.25, 0.3) is 0 Å². The summed E-state index contributed by atoms with van der Waals surface area (Å²) in [6.45, 7) is 1.86. The van der Waals surface area contributed by atoms with E-state index in [1.54, 1.807) is 36.4 Å². The molecule has 0 radical (unpaired) electrons. The van der Waals surface area contributed by atoms with Gasteiger partial charge in [-0.2, -0.15) is 0 Å². The maximum atomic E-state index is 11.6. The van der Waals surface area contributed by atoms with Crippen LogP contribution in [0.25, 0.3) is 0 Å². The van der Waals surface area contributed by atoms with Gasteiger partial charge >= 0.3 is 0 Å². The standard InChI is InChI=1S/C15H18N2O3/c1-3-4-5-9-14(18)16-12-7-6-8-13(10-12)17-15(19)11-20-2/h3-10H,11H2,1-2H3,(H,16,18)(H,17,19). The molecule has 0 spiro atoms. The number of carbonyl (C=O) groups is 2. The normalized spacial score (nSPS) is 10.9. The summed E-state index contributed by atoms with van der Waals surface area (Å²) in [6.07, 6.45) is 6.67. The molecule has 2 N–H and O–H groups in total. The van der Waals surface area contributed by atoms with Gasteiger partial charge in [-0.25, -0.2) is 0 Å². The lowest BCUT2D eigenvalue weighted by Crippen LogP contribution is -2.17. The zero-order chi connectivity index (χ0) is 14.8. The predicted octanol–water partition coefficient (Wildman–Crippen LogP) is 2.34. The van der Waals surface area contributed by atoms with Crippen LogP contribution in [0.4, 0.5) is 11.4 Å². The van der Waals surface area contributed by atoms with E-state index in [2.05, 4.69) is 10.6 Å². The van der Waals surface area contributed by atoms with Crippen molar-refractivity contribution in [3.05, 3.63) is 48.6 Å². The van der Waals surface area contributed by atoms with Gasteiger partial charge in [0.2, 0.25) is 11.8 Å². The Hall–Kier alpha value is -2.40. The Morgan fingerprint density at radius 2 is 1.90 bits per heavy atom. The van der Waals surface area contributed by atoms with Gasteiger partial charge in [-0.1, -0.05) is 24.3 Å². The second-order valence-electron chi connectivity index (χ2n) is 3.94. The van der Waals surface area contributed by atoms with Gasteiger partial charge in [-0.15, -0.1) is 0 Å². The van der Waals surface area contributed by atoms with E-state index in [4.69, 9.17) is 4.74 Å². The topological polar surface area (TPSA) is 67.4 Å². The van der Waals surface area contributed by atoms with E-state index in [1.165, 1.54) is 13.2 Å². The molecule has 0 aromatic heterocycles. The van der Waals surface area contributed by atoms with E-state index >= 15 is 0 Å². The molecule has 0 saturated heterocycles. The van der Waals surface area contributed by atoms with Crippen LogP contribution in [0.15, 0.2) is 48.6 Å². The lowest BCUT2D eigenvalue weighted by atomic mass is 10.2. The van der Waals surface area contributed by atoms with Crippen LogP contribution in [-0.2, 0) is 14.3 Å². The molecule has 0 saturated carbocycles. The van der Waals surface area contributed by atoms with Crippen molar-refractivity contribution in [2.24, 2.45) is 0 Å². The number of rotatable bonds is 6. The number of methoxy groups -OCH3 is 1. The summed E-state index contributed by atoms with van der Waals surface area (Å²) in [5.74, 6) is -0.479. The molecular formula is C15H18N2O3. The summed E-state index contributed by atoms with van der Waals surface area (Å²) in [6, 6.07) is 6.90. The first kappa shape index (κ1) is 15.7. The minimum atomic E-state index is -0.246. The second-order valence-corrected chi connectivity index (χ2v) is 3.94. The molecule has 0 aliphatic rings. The fourth-order valence-electron chi connectivity index (χ4n) is 1.44. The van der Waals surface area contributed by atoms with E-state index in [0.29, 0.717) is 11.4 Å². The highest BCUT2D eigenvalue weighted by molar-refractivity contribution is 6.00. The third-order valence-corrected chi connectivity index (χ3v) is 2.24. The highest BCUT2D eigenvalue weighted by Gasteiger charge is 2.03. The molecule has 0 atom stereocenters. The van der Waals surface area contributed by atoms with Gasteiger partial charge in [0.15, 0.2) is 0 Å². The first-order chi connectivity index (χ1) is 9.65. The van der Waals surface area contributed by atoms with E-state index in [0.717, 1.165) is 0 Å². The van der Waals surface area contributed by atoms with Gasteiger partial charge < -0.3 is 15.4 Å². The number of nitrogens with one attached hydrogen (secondary N) is 2. The Morgan fingerprint density at radius 1 is 1.20 bits per heavy atom. The number of hydrogen-bond donors (Lipinski definition) is 2. The molecule has 0 fully saturated rings. The molecule has 0 aliphatic heterocycles. The van der Waals surface area contributed by atoms with Crippen molar-refractivity contribution in [3.63, 3.8) is 0 Å². The Balaban J connectivity index is 2.63. The van der Waals surface area contributed by atoms with Gasteiger partial charge in [-0.3, -0.25) is 9.59 Å². The van der Waals surface area contributed by atoms with E-state index in [-0.39, 0.29) is 18.4 Å². The number of amides is 2. The first-order valence-electron chi connectivity index (χ1n) is 6.15. The maximum Gasteiger partial charge on any atom is 0.250 e. The Kier molecular flexibility index (Phi) is 6.78. The van der Waals surface area contributed by atoms with Crippen LogP contribution in [0.2, 0.25) is 0 Å². The maximum absolute atomic E-state index is 11.6. The predicted molar refractivity (Wildman–Crippen MR) is 79.5 cm³/mol. The quantitative estimate of drug-likeness (QED) is 0.618. The van der Waals surface area contributed by atoms with Crippen molar-refractivity contribution in [2.75, 3.05) is 24.4 Å².